The van der Waals surface area contributed by atoms with Crippen LogP contribution in [0.4, 0.5) is 17.1 Å². The Morgan fingerprint density at radius 3 is 1.92 bits per heavy atom. The number of alkyl halides is 2. The standard InChI is InChI=1S/C23H21Cl2N3O6S2/c24-22(11-3-1-4-12-22)35(30,31)27-18-10-9-17(26-21(29)20-8-7-15-34-20)16-19(18)28-36(32,33)23(25)13-5-2-6-14-23/h1-11,13,15-16,27-28H,12,14H2,(H,26,29). The fraction of sp³-hybridized carbons (Fsp3) is 0.174. The maximum atomic E-state index is 13.2. The molecule has 0 saturated heterocycles. The highest BCUT2D eigenvalue weighted by atomic mass is 35.5. The van der Waals surface area contributed by atoms with Gasteiger partial charge in [-0.2, -0.15) is 0 Å². The smallest absolute Gasteiger partial charge is 0.291 e. The van der Waals surface area contributed by atoms with Crippen molar-refractivity contribution in [1.29, 1.82) is 0 Å². The van der Waals surface area contributed by atoms with Gasteiger partial charge < -0.3 is 9.73 Å². The van der Waals surface area contributed by atoms with Crippen LogP contribution in [-0.2, 0) is 20.0 Å². The fourth-order valence-electron chi connectivity index (χ4n) is 3.40. The number of nitrogens with one attached hydrogen (secondary N) is 3. The summed E-state index contributed by atoms with van der Waals surface area (Å²) >= 11 is 12.8. The Hall–Kier alpha value is -2.99. The van der Waals surface area contributed by atoms with E-state index >= 15 is 0 Å². The lowest BCUT2D eigenvalue weighted by atomic mass is 10.2. The summed E-state index contributed by atoms with van der Waals surface area (Å²) in [5.41, 5.74) is -0.122. The van der Waals surface area contributed by atoms with Crippen molar-refractivity contribution in [2.75, 3.05) is 14.8 Å². The highest BCUT2D eigenvalue weighted by Gasteiger charge is 2.42. The van der Waals surface area contributed by atoms with Crippen LogP contribution in [0.1, 0.15) is 23.4 Å². The zero-order chi connectivity index (χ0) is 26.0. The zero-order valence-electron chi connectivity index (χ0n) is 18.5. The molecule has 1 amide bonds. The van der Waals surface area contributed by atoms with Crippen LogP contribution < -0.4 is 14.8 Å². The predicted molar refractivity (Wildman–Crippen MR) is 141 cm³/mol. The summed E-state index contributed by atoms with van der Waals surface area (Å²) in [6.07, 6.45) is 13.5. The minimum Gasteiger partial charge on any atom is -0.459 e. The second-order valence-electron chi connectivity index (χ2n) is 7.96. The Morgan fingerprint density at radius 1 is 0.833 bits per heavy atom. The first-order valence-electron chi connectivity index (χ1n) is 10.5. The van der Waals surface area contributed by atoms with Gasteiger partial charge in [0, 0.05) is 18.5 Å². The molecule has 2 unspecified atom stereocenters. The normalized spacial score (nSPS) is 23.4. The van der Waals surface area contributed by atoms with Gasteiger partial charge in [-0.05, 0) is 42.5 Å². The van der Waals surface area contributed by atoms with Crippen LogP contribution in [0.2, 0.25) is 0 Å². The average Bonchev–Trinajstić information content (AvgIpc) is 3.37. The molecular formula is C23H21Cl2N3O6S2. The molecular weight excluding hydrogens is 549 g/mol. The lowest BCUT2D eigenvalue weighted by Crippen LogP contribution is -2.37. The van der Waals surface area contributed by atoms with Crippen LogP contribution in [-0.4, -0.2) is 31.2 Å². The molecule has 0 fully saturated rings. The van der Waals surface area contributed by atoms with Gasteiger partial charge in [-0.3, -0.25) is 14.2 Å². The van der Waals surface area contributed by atoms with Gasteiger partial charge in [0.25, 0.3) is 26.0 Å². The highest BCUT2D eigenvalue weighted by Crippen LogP contribution is 2.38. The van der Waals surface area contributed by atoms with Crippen molar-refractivity contribution in [1.82, 2.24) is 0 Å². The summed E-state index contributed by atoms with van der Waals surface area (Å²) in [5, 5.41) is 2.57. The van der Waals surface area contributed by atoms with Crippen LogP contribution in [0.3, 0.4) is 0 Å². The number of hydrogen-bond acceptors (Lipinski definition) is 6. The minimum absolute atomic E-state index is 0.000653. The first-order chi connectivity index (χ1) is 16.9. The van der Waals surface area contributed by atoms with E-state index in [1.165, 1.54) is 60.9 Å². The molecule has 0 bridgehead atoms. The number of carbonyl (C=O) groups is 1. The minimum atomic E-state index is -4.29. The van der Waals surface area contributed by atoms with E-state index in [0.717, 1.165) is 0 Å². The summed E-state index contributed by atoms with van der Waals surface area (Å²) in [5.74, 6) is -0.558. The average molecular weight is 570 g/mol. The molecule has 4 rings (SSSR count). The Kier molecular flexibility index (Phi) is 7.11. The molecule has 0 saturated carbocycles. The van der Waals surface area contributed by atoms with E-state index in [1.807, 2.05) is 0 Å². The third-order valence-electron chi connectivity index (χ3n) is 5.38. The van der Waals surface area contributed by atoms with Crippen molar-refractivity contribution in [2.24, 2.45) is 0 Å². The summed E-state index contributed by atoms with van der Waals surface area (Å²) in [6.45, 7) is 0. The Balaban J connectivity index is 1.70. The maximum absolute atomic E-state index is 13.2. The monoisotopic (exact) mass is 569 g/mol. The summed E-state index contributed by atoms with van der Waals surface area (Å²) in [6, 6.07) is 6.94. The number of allylic oxidation sites excluding steroid dienone is 6. The molecule has 2 aromatic rings. The number of amides is 1. The third kappa shape index (κ3) is 5.24. The number of hydrogen-bond donors (Lipinski definition) is 3. The Labute approximate surface area is 218 Å². The van der Waals surface area contributed by atoms with Crippen molar-refractivity contribution in [3.63, 3.8) is 0 Å². The van der Waals surface area contributed by atoms with Crippen LogP contribution in [0.15, 0.2) is 89.6 Å². The van der Waals surface area contributed by atoms with Gasteiger partial charge in [-0.25, -0.2) is 16.8 Å². The molecule has 0 radical (unpaired) electrons. The largest absolute Gasteiger partial charge is 0.459 e. The van der Waals surface area contributed by atoms with E-state index in [1.54, 1.807) is 24.3 Å². The van der Waals surface area contributed by atoms with Gasteiger partial charge >= 0.3 is 0 Å². The molecule has 9 nitrogen and oxygen atoms in total. The van der Waals surface area contributed by atoms with Gasteiger partial charge in [0.1, 0.15) is 0 Å². The van der Waals surface area contributed by atoms with Crippen LogP contribution in [0.5, 0.6) is 0 Å². The molecule has 1 aromatic carbocycles. The molecule has 2 aliphatic rings. The summed E-state index contributed by atoms with van der Waals surface area (Å²) < 4.78 is 58.9. The van der Waals surface area contributed by atoms with Crippen molar-refractivity contribution in [3.05, 3.63) is 91.0 Å². The van der Waals surface area contributed by atoms with E-state index < -0.39 is 34.4 Å². The third-order valence-corrected chi connectivity index (χ3v) is 10.5. The zero-order valence-corrected chi connectivity index (χ0v) is 21.7. The van der Waals surface area contributed by atoms with Gasteiger partial charge in [0.15, 0.2) is 14.2 Å². The Morgan fingerprint density at radius 2 is 1.42 bits per heavy atom. The van der Waals surface area contributed by atoms with Crippen molar-refractivity contribution in [2.45, 2.75) is 21.3 Å². The SMILES string of the molecule is O=C(Nc1ccc(NS(=O)(=O)C2(Cl)C=CC=CC2)c(NS(=O)(=O)C2(Cl)C=CC=CC2)c1)c1ccco1. The van der Waals surface area contributed by atoms with Crippen molar-refractivity contribution in [3.8, 4) is 0 Å². The highest BCUT2D eigenvalue weighted by molar-refractivity contribution is 7.96. The first-order valence-corrected chi connectivity index (χ1v) is 14.3. The topological polar surface area (TPSA) is 135 Å². The van der Waals surface area contributed by atoms with Gasteiger partial charge in [0.2, 0.25) is 0 Å². The molecule has 1 heterocycles. The molecule has 2 atom stereocenters. The van der Waals surface area contributed by atoms with Gasteiger partial charge in [-0.1, -0.05) is 59.7 Å². The lowest BCUT2D eigenvalue weighted by molar-refractivity contribution is 0.0996. The van der Waals surface area contributed by atoms with Crippen LogP contribution in [0, 0.1) is 0 Å². The molecule has 1 aromatic heterocycles. The number of halogens is 2. The van der Waals surface area contributed by atoms with E-state index in [0.29, 0.717) is 0 Å². The molecule has 36 heavy (non-hydrogen) atoms. The predicted octanol–water partition coefficient (Wildman–Crippen LogP) is 4.92. The second kappa shape index (κ2) is 9.81. The van der Waals surface area contributed by atoms with E-state index in [2.05, 4.69) is 14.8 Å². The first kappa shape index (κ1) is 26.1. The molecule has 3 N–H and O–H groups in total. The number of benzene rings is 1. The molecule has 0 aliphatic heterocycles. The molecule has 190 valence electrons. The molecule has 2 aliphatic carbocycles. The molecule has 13 heteroatoms. The summed E-state index contributed by atoms with van der Waals surface area (Å²) in [7, 11) is -8.53. The fourth-order valence-corrected chi connectivity index (χ4v) is 6.37. The number of carbonyl (C=O) groups excluding carboxylic acids is 1. The van der Waals surface area contributed by atoms with Crippen molar-refractivity contribution < 1.29 is 26.0 Å². The second-order valence-corrected chi connectivity index (χ2v) is 13.6. The van der Waals surface area contributed by atoms with Gasteiger partial charge in [-0.15, -0.1) is 0 Å². The number of rotatable bonds is 8. The van der Waals surface area contributed by atoms with Crippen LogP contribution in [0.25, 0.3) is 0 Å². The van der Waals surface area contributed by atoms with E-state index in [-0.39, 0.29) is 35.7 Å². The number of furan rings is 1. The van der Waals surface area contributed by atoms with Gasteiger partial charge in [0.05, 0.1) is 17.6 Å². The summed E-state index contributed by atoms with van der Waals surface area (Å²) in [4.78, 5) is 12.4. The maximum Gasteiger partial charge on any atom is 0.291 e. The number of sulfonamides is 2. The van der Waals surface area contributed by atoms with E-state index in [4.69, 9.17) is 27.6 Å². The number of anilines is 3. The van der Waals surface area contributed by atoms with E-state index in [9.17, 15) is 21.6 Å². The lowest BCUT2D eigenvalue weighted by Gasteiger charge is -2.27. The molecule has 0 spiro atoms. The quantitative estimate of drug-likeness (QED) is 0.386. The van der Waals surface area contributed by atoms with Crippen LogP contribution >= 0.6 is 23.2 Å². The van der Waals surface area contributed by atoms with Crippen molar-refractivity contribution >= 4 is 66.2 Å². The Bertz CT molecular complexity index is 1500.